The van der Waals surface area contributed by atoms with Crippen LogP contribution in [0.2, 0.25) is 0 Å². The molecule has 8 rings (SSSR count). The fraction of sp³-hybridized carbons (Fsp3) is 0.531. The molecule has 0 spiro atoms. The molecule has 5 aliphatic rings. The number of nitrogens with zero attached hydrogens (tertiary/aromatic N) is 5. The molecule has 1 saturated carbocycles. The first-order valence-electron chi connectivity index (χ1n) is 16.1. The Morgan fingerprint density at radius 2 is 1.92 bits per heavy atom. The molecule has 1 aromatic carbocycles. The van der Waals surface area contributed by atoms with Crippen LogP contribution in [0.5, 0.6) is 0 Å². The lowest BCUT2D eigenvalue weighted by Crippen LogP contribution is -2.52. The molecule has 2 bridgehead atoms. The van der Waals surface area contributed by atoms with Crippen molar-refractivity contribution in [3.63, 3.8) is 0 Å². The number of rotatable bonds is 9. The highest BCUT2D eigenvalue weighted by Gasteiger charge is 2.44. The summed E-state index contributed by atoms with van der Waals surface area (Å²) >= 11 is 0.712. The number of thiophene rings is 1. The summed E-state index contributed by atoms with van der Waals surface area (Å²) in [5.41, 5.74) is 1.33. The number of hydrogen-bond donors (Lipinski definition) is 1. The smallest absolute Gasteiger partial charge is 0.383 e. The molecule has 48 heavy (non-hydrogen) atoms. The van der Waals surface area contributed by atoms with Gasteiger partial charge in [0.2, 0.25) is 5.95 Å². The van der Waals surface area contributed by atoms with Gasteiger partial charge in [0.15, 0.2) is 9.84 Å². The normalized spacial score (nSPS) is 24.1. The van der Waals surface area contributed by atoms with Gasteiger partial charge >= 0.3 is 6.18 Å². The van der Waals surface area contributed by atoms with Crippen molar-refractivity contribution in [3.05, 3.63) is 46.5 Å². The summed E-state index contributed by atoms with van der Waals surface area (Å²) in [6, 6.07) is 7.94. The number of anilines is 3. The summed E-state index contributed by atoms with van der Waals surface area (Å²) in [4.78, 5) is 27.7. The zero-order chi connectivity index (χ0) is 33.4. The molecule has 256 valence electrons. The number of amides is 1. The number of alkyl halides is 3. The molecule has 1 amide bonds. The number of methoxy groups -OCH3 is 1. The summed E-state index contributed by atoms with van der Waals surface area (Å²) < 4.78 is 79.7. The third-order valence-electron chi connectivity index (χ3n) is 10.0. The van der Waals surface area contributed by atoms with Crippen molar-refractivity contribution in [2.45, 2.75) is 54.4 Å². The van der Waals surface area contributed by atoms with Crippen molar-refractivity contribution in [2.75, 3.05) is 69.1 Å². The highest BCUT2D eigenvalue weighted by atomic mass is 32.2. The number of aromatic nitrogens is 2. The number of sulfone groups is 1. The second-order valence-electron chi connectivity index (χ2n) is 13.1. The Bertz CT molecular complexity index is 1860. The Balaban J connectivity index is 1.10. The van der Waals surface area contributed by atoms with Gasteiger partial charge < -0.3 is 24.6 Å². The number of piperazine rings is 1. The lowest BCUT2D eigenvalue weighted by Gasteiger charge is -2.36. The number of nitrogens with one attached hydrogen (secondary N) is 1. The molecule has 2 atom stereocenters. The zero-order valence-electron chi connectivity index (χ0n) is 26.2. The average Bonchev–Trinajstić information content (AvgIpc) is 3.47. The topological polar surface area (TPSA) is 117 Å². The van der Waals surface area contributed by atoms with Gasteiger partial charge in [-0.1, -0.05) is 0 Å². The van der Waals surface area contributed by atoms with Crippen LogP contribution in [0.25, 0.3) is 10.6 Å². The van der Waals surface area contributed by atoms with Gasteiger partial charge in [0, 0.05) is 62.9 Å². The number of likely N-dealkylation sites (tertiary alicyclic amines) is 1. The predicted molar refractivity (Wildman–Crippen MR) is 173 cm³/mol. The van der Waals surface area contributed by atoms with Crippen LogP contribution in [0.3, 0.4) is 0 Å². The molecule has 11 nitrogen and oxygen atoms in total. The van der Waals surface area contributed by atoms with Crippen LogP contribution in [-0.2, 0) is 25.5 Å². The summed E-state index contributed by atoms with van der Waals surface area (Å²) in [5, 5.41) is 3.17. The molecule has 4 aliphatic heterocycles. The predicted octanol–water partition coefficient (Wildman–Crippen LogP) is 4.38. The molecule has 3 aromatic rings. The molecule has 3 saturated heterocycles. The van der Waals surface area contributed by atoms with Crippen LogP contribution in [0.15, 0.2) is 35.4 Å². The van der Waals surface area contributed by atoms with E-state index in [1.807, 2.05) is 12.1 Å². The van der Waals surface area contributed by atoms with Crippen molar-refractivity contribution in [3.8, 4) is 10.6 Å². The number of halogens is 3. The van der Waals surface area contributed by atoms with Gasteiger partial charge in [0.25, 0.3) is 5.91 Å². The van der Waals surface area contributed by atoms with Crippen LogP contribution in [0, 0.1) is 0 Å². The van der Waals surface area contributed by atoms with Crippen molar-refractivity contribution in [1.82, 2.24) is 19.8 Å². The van der Waals surface area contributed by atoms with Crippen LogP contribution in [0.1, 0.15) is 46.0 Å². The van der Waals surface area contributed by atoms with Crippen LogP contribution in [0.4, 0.5) is 30.5 Å². The molecule has 1 N–H and O–H groups in total. The summed E-state index contributed by atoms with van der Waals surface area (Å²) in [6.07, 6.45) is -0.965. The molecule has 2 aromatic heterocycles. The van der Waals surface area contributed by atoms with Crippen LogP contribution in [-0.4, -0.2) is 111 Å². The number of benzene rings is 1. The third kappa shape index (κ3) is 5.74. The van der Waals surface area contributed by atoms with E-state index in [0.29, 0.717) is 42.1 Å². The second kappa shape index (κ2) is 11.9. The van der Waals surface area contributed by atoms with Crippen molar-refractivity contribution < 1.29 is 35.9 Å². The Kier molecular flexibility index (Phi) is 7.94. The highest BCUT2D eigenvalue weighted by molar-refractivity contribution is 7.91. The number of hydrogen-bond acceptors (Lipinski definition) is 11. The van der Waals surface area contributed by atoms with Gasteiger partial charge in [-0.05, 0) is 55.0 Å². The standard InChI is InChI=1S/C32H35F3N6O5S2/c1-45-8-6-39-14-21-10-20(39)15-41(21)19-4-5-25(23(11-19)18-2-3-18)37-31-36-13-24(32(33,34)35)28(38-31)26-12-27-29(47-26)30(42)40(22-16-46-17-22)7-9-48(27,43)44/h4-5,11-13,18,20-22H,2-3,6-10,14-17H2,1H3,(H,36,37,38)/t20-,21-/m1/s1. The Morgan fingerprint density at radius 3 is 2.58 bits per heavy atom. The monoisotopic (exact) mass is 704 g/mol. The minimum atomic E-state index is -4.82. The van der Waals surface area contributed by atoms with Crippen LogP contribution < -0.4 is 10.2 Å². The molecular formula is C32H35F3N6O5S2. The van der Waals surface area contributed by atoms with Crippen molar-refractivity contribution in [2.24, 2.45) is 0 Å². The third-order valence-corrected chi connectivity index (χ3v) is 13.0. The quantitative estimate of drug-likeness (QED) is 0.344. The molecule has 4 fully saturated rings. The molecule has 0 unspecified atom stereocenters. The first-order chi connectivity index (χ1) is 23.0. The maximum Gasteiger partial charge on any atom is 0.420 e. The van der Waals surface area contributed by atoms with Gasteiger partial charge in [-0.25, -0.2) is 18.4 Å². The van der Waals surface area contributed by atoms with Gasteiger partial charge in [-0.3, -0.25) is 9.69 Å². The Hall–Kier alpha value is -3.31. The molecule has 1 aliphatic carbocycles. The van der Waals surface area contributed by atoms with Crippen LogP contribution >= 0.6 is 11.3 Å². The number of ether oxygens (including phenoxy) is 2. The maximum atomic E-state index is 14.3. The van der Waals surface area contributed by atoms with Gasteiger partial charge in [0.05, 0.1) is 47.1 Å². The van der Waals surface area contributed by atoms with E-state index >= 15 is 0 Å². The van der Waals surface area contributed by atoms with E-state index in [1.54, 1.807) is 7.11 Å². The van der Waals surface area contributed by atoms with Gasteiger partial charge in [0.1, 0.15) is 10.4 Å². The average molecular weight is 705 g/mol. The van der Waals surface area contributed by atoms with E-state index in [2.05, 4.69) is 31.2 Å². The van der Waals surface area contributed by atoms with E-state index in [1.165, 1.54) is 4.90 Å². The molecule has 6 heterocycles. The van der Waals surface area contributed by atoms with Gasteiger partial charge in [-0.15, -0.1) is 11.3 Å². The van der Waals surface area contributed by atoms with Crippen molar-refractivity contribution in [1.29, 1.82) is 0 Å². The molecule has 16 heteroatoms. The lowest BCUT2D eigenvalue weighted by atomic mass is 10.1. The molecule has 0 radical (unpaired) electrons. The largest absolute Gasteiger partial charge is 0.420 e. The van der Waals surface area contributed by atoms with E-state index in [9.17, 15) is 26.4 Å². The first-order valence-corrected chi connectivity index (χ1v) is 18.6. The minimum Gasteiger partial charge on any atom is -0.383 e. The fourth-order valence-electron chi connectivity index (χ4n) is 7.26. The summed E-state index contributed by atoms with van der Waals surface area (Å²) in [6.45, 7) is 4.13. The van der Waals surface area contributed by atoms with E-state index in [-0.39, 0.29) is 52.2 Å². The second-order valence-corrected chi connectivity index (χ2v) is 16.3. The number of carbonyl (C=O) groups excluding carboxylic acids is 1. The number of carbonyl (C=O) groups is 1. The van der Waals surface area contributed by atoms with Crippen molar-refractivity contribution >= 4 is 44.4 Å². The van der Waals surface area contributed by atoms with Gasteiger partial charge in [-0.2, -0.15) is 13.2 Å². The minimum absolute atomic E-state index is 0.00471. The van der Waals surface area contributed by atoms with E-state index in [0.717, 1.165) is 61.9 Å². The highest BCUT2D eigenvalue weighted by Crippen LogP contribution is 2.47. The van der Waals surface area contributed by atoms with E-state index in [4.69, 9.17) is 9.47 Å². The van der Waals surface area contributed by atoms with E-state index < -0.39 is 33.2 Å². The fourth-order valence-corrected chi connectivity index (χ4v) is 10.2. The molecular weight excluding hydrogens is 670 g/mol. The maximum absolute atomic E-state index is 14.3. The number of fused-ring (bicyclic) bond motifs is 3. The Labute approximate surface area is 280 Å². The SMILES string of the molecule is COCCN1C[C@H]2C[C@@H]1CN2c1ccc(Nc2ncc(C(F)(F)F)c(-c3cc4c(s3)C(=O)N(C3COC3)CCS4(=O)=O)n2)c(C2CC2)c1. The Morgan fingerprint density at radius 1 is 1.10 bits per heavy atom. The zero-order valence-corrected chi connectivity index (χ0v) is 27.8. The lowest BCUT2D eigenvalue weighted by molar-refractivity contribution is -0.137. The summed E-state index contributed by atoms with van der Waals surface area (Å²) in [7, 11) is -2.21. The first kappa shape index (κ1) is 31.9. The summed E-state index contributed by atoms with van der Waals surface area (Å²) in [5.74, 6) is -0.578.